The number of hydrogen-bond donors (Lipinski definition) is 0. The van der Waals surface area contributed by atoms with Gasteiger partial charge in [0.05, 0.1) is 12.6 Å². The molecule has 1 amide bonds. The predicted molar refractivity (Wildman–Crippen MR) is 108 cm³/mol. The molecule has 2 aromatic carbocycles. The predicted octanol–water partition coefficient (Wildman–Crippen LogP) is 3.21. The van der Waals surface area contributed by atoms with Gasteiger partial charge in [0, 0.05) is 30.5 Å². The van der Waals surface area contributed by atoms with Gasteiger partial charge in [-0.1, -0.05) is 42.5 Å². The summed E-state index contributed by atoms with van der Waals surface area (Å²) >= 11 is 0. The average molecular weight is 386 g/mol. The smallest absolute Gasteiger partial charge is 0.254 e. The first-order valence-corrected chi connectivity index (χ1v) is 10.0. The molecule has 0 unspecified atom stereocenters. The van der Waals surface area contributed by atoms with E-state index in [4.69, 9.17) is 0 Å². The number of Topliss-reactive ketones (excluding diaryl/α,β-unsaturated/α-hetero) is 1. The molecule has 146 valence electrons. The second kappa shape index (κ2) is 6.95. The highest BCUT2D eigenvalue weighted by Gasteiger charge is 2.32. The van der Waals surface area contributed by atoms with Gasteiger partial charge >= 0.3 is 0 Å². The third kappa shape index (κ3) is 3.05. The van der Waals surface area contributed by atoms with Crippen molar-refractivity contribution in [3.05, 3.63) is 82.4 Å². The average Bonchev–Trinajstić information content (AvgIpc) is 3.32. The minimum absolute atomic E-state index is 0.0257. The Hall–Kier alpha value is -3.28. The molecule has 1 aliphatic carbocycles. The molecule has 0 bridgehead atoms. The first-order chi connectivity index (χ1) is 14.1. The Balaban J connectivity index is 1.41. The summed E-state index contributed by atoms with van der Waals surface area (Å²) in [6.07, 6.45) is 1.87. The van der Waals surface area contributed by atoms with Crippen molar-refractivity contribution < 1.29 is 9.59 Å². The van der Waals surface area contributed by atoms with Gasteiger partial charge in [-0.2, -0.15) is 0 Å². The number of nitrogens with zero attached hydrogens (tertiary/aromatic N) is 4. The molecule has 1 aliphatic heterocycles. The second-order valence-electron chi connectivity index (χ2n) is 7.85. The van der Waals surface area contributed by atoms with Crippen molar-refractivity contribution >= 4 is 11.7 Å². The van der Waals surface area contributed by atoms with Gasteiger partial charge in [0.1, 0.15) is 5.82 Å². The van der Waals surface area contributed by atoms with Gasteiger partial charge in [-0.15, -0.1) is 10.2 Å². The quantitative estimate of drug-likeness (QED) is 0.693. The van der Waals surface area contributed by atoms with E-state index in [0.717, 1.165) is 23.6 Å². The van der Waals surface area contributed by atoms with Gasteiger partial charge in [0.2, 0.25) is 0 Å². The van der Waals surface area contributed by atoms with Crippen LogP contribution in [0, 0.1) is 0 Å². The molecule has 1 atom stereocenters. The van der Waals surface area contributed by atoms with Crippen LogP contribution >= 0.6 is 0 Å². The molecule has 6 nitrogen and oxygen atoms in total. The van der Waals surface area contributed by atoms with Gasteiger partial charge < -0.3 is 9.47 Å². The summed E-state index contributed by atoms with van der Waals surface area (Å²) in [4.78, 5) is 27.1. The molecule has 0 saturated heterocycles. The standard InChI is InChI=1S/C23H22N4O2/c1-15-13-26(23(29)19-9-5-8-18-17(19)10-11-20(18)28)14-22-25-24-21(27(15)22)12-16-6-3-2-4-7-16/h2-9,15H,10-14H2,1H3/t15-/m0/s1. The minimum Gasteiger partial charge on any atom is -0.329 e. The van der Waals surface area contributed by atoms with Crippen molar-refractivity contribution in [3.63, 3.8) is 0 Å². The lowest BCUT2D eigenvalue weighted by atomic mass is 10.0. The van der Waals surface area contributed by atoms with Crippen LogP contribution in [0.15, 0.2) is 48.5 Å². The number of hydrogen-bond acceptors (Lipinski definition) is 4. The molecule has 2 heterocycles. The molecule has 29 heavy (non-hydrogen) atoms. The lowest BCUT2D eigenvalue weighted by molar-refractivity contribution is 0.0678. The van der Waals surface area contributed by atoms with Crippen molar-refractivity contribution in [1.29, 1.82) is 0 Å². The largest absolute Gasteiger partial charge is 0.329 e. The molecule has 0 spiro atoms. The van der Waals surface area contributed by atoms with Gasteiger partial charge in [0.15, 0.2) is 11.6 Å². The van der Waals surface area contributed by atoms with E-state index in [0.29, 0.717) is 37.1 Å². The highest BCUT2D eigenvalue weighted by atomic mass is 16.2. The Morgan fingerprint density at radius 2 is 1.90 bits per heavy atom. The summed E-state index contributed by atoms with van der Waals surface area (Å²) in [5.41, 5.74) is 3.44. The Kier molecular flexibility index (Phi) is 4.27. The molecule has 0 saturated carbocycles. The summed E-state index contributed by atoms with van der Waals surface area (Å²) in [5.74, 6) is 1.85. The van der Waals surface area contributed by atoms with Crippen LogP contribution in [0.1, 0.15) is 62.9 Å². The Morgan fingerprint density at radius 1 is 1.07 bits per heavy atom. The van der Waals surface area contributed by atoms with Crippen LogP contribution in [0.2, 0.25) is 0 Å². The van der Waals surface area contributed by atoms with E-state index in [1.165, 1.54) is 5.56 Å². The zero-order chi connectivity index (χ0) is 20.0. The molecule has 0 N–H and O–H groups in total. The third-order valence-electron chi connectivity index (χ3n) is 5.90. The van der Waals surface area contributed by atoms with Crippen LogP contribution in [-0.4, -0.2) is 37.9 Å². The lowest BCUT2D eigenvalue weighted by Crippen LogP contribution is -2.41. The fourth-order valence-corrected chi connectivity index (χ4v) is 4.53. The number of rotatable bonds is 3. The monoisotopic (exact) mass is 386 g/mol. The summed E-state index contributed by atoms with van der Waals surface area (Å²) in [6.45, 7) is 3.13. The van der Waals surface area contributed by atoms with Crippen LogP contribution in [0.4, 0.5) is 0 Å². The molecule has 5 rings (SSSR count). The van der Waals surface area contributed by atoms with Crippen molar-refractivity contribution in [1.82, 2.24) is 19.7 Å². The van der Waals surface area contributed by atoms with Crippen LogP contribution in [-0.2, 0) is 19.4 Å². The van der Waals surface area contributed by atoms with Crippen molar-refractivity contribution in [2.75, 3.05) is 6.54 Å². The second-order valence-corrected chi connectivity index (χ2v) is 7.85. The maximum absolute atomic E-state index is 13.3. The van der Waals surface area contributed by atoms with Gasteiger partial charge in [-0.05, 0) is 30.5 Å². The third-order valence-corrected chi connectivity index (χ3v) is 5.90. The lowest BCUT2D eigenvalue weighted by Gasteiger charge is -2.33. The normalized spacial score (nSPS) is 17.9. The number of fused-ring (bicyclic) bond motifs is 2. The first kappa shape index (κ1) is 17.8. The van der Waals surface area contributed by atoms with E-state index in [9.17, 15) is 9.59 Å². The number of carbonyl (C=O) groups excluding carboxylic acids is 2. The fraction of sp³-hybridized carbons (Fsp3) is 0.304. The number of carbonyl (C=O) groups is 2. The zero-order valence-corrected chi connectivity index (χ0v) is 16.3. The highest BCUT2D eigenvalue weighted by molar-refractivity contribution is 6.05. The molecule has 6 heteroatoms. The summed E-state index contributed by atoms with van der Waals surface area (Å²) in [5, 5.41) is 8.79. The van der Waals surface area contributed by atoms with E-state index in [-0.39, 0.29) is 17.7 Å². The summed E-state index contributed by atoms with van der Waals surface area (Å²) in [6, 6.07) is 15.8. The number of aromatic nitrogens is 3. The SMILES string of the molecule is C[C@H]1CN(C(=O)c2cccc3c2CCC3=O)Cc2nnc(Cc3ccccc3)n21. The first-order valence-electron chi connectivity index (χ1n) is 10.0. The molecular formula is C23H22N4O2. The summed E-state index contributed by atoms with van der Waals surface area (Å²) < 4.78 is 2.16. The molecular weight excluding hydrogens is 364 g/mol. The Labute approximate surface area is 169 Å². The maximum atomic E-state index is 13.3. The van der Waals surface area contributed by atoms with E-state index in [1.54, 1.807) is 0 Å². The van der Waals surface area contributed by atoms with Crippen molar-refractivity contribution in [2.45, 2.75) is 38.8 Å². The molecule has 0 fully saturated rings. The minimum atomic E-state index is -0.0257. The molecule has 0 radical (unpaired) electrons. The van der Waals surface area contributed by atoms with E-state index in [2.05, 4.69) is 33.8 Å². The Bertz CT molecular complexity index is 1100. The van der Waals surface area contributed by atoms with E-state index in [1.807, 2.05) is 41.3 Å². The van der Waals surface area contributed by atoms with Gasteiger partial charge in [0.25, 0.3) is 5.91 Å². The summed E-state index contributed by atoms with van der Waals surface area (Å²) in [7, 11) is 0. The molecule has 1 aromatic heterocycles. The van der Waals surface area contributed by atoms with Crippen molar-refractivity contribution in [2.24, 2.45) is 0 Å². The Morgan fingerprint density at radius 3 is 2.72 bits per heavy atom. The highest BCUT2D eigenvalue weighted by Crippen LogP contribution is 2.29. The topological polar surface area (TPSA) is 68.1 Å². The zero-order valence-electron chi connectivity index (χ0n) is 16.3. The van der Waals surface area contributed by atoms with E-state index < -0.39 is 0 Å². The number of benzene rings is 2. The van der Waals surface area contributed by atoms with Crippen LogP contribution < -0.4 is 0 Å². The van der Waals surface area contributed by atoms with Crippen LogP contribution in [0.25, 0.3) is 0 Å². The van der Waals surface area contributed by atoms with Crippen molar-refractivity contribution in [3.8, 4) is 0 Å². The fourth-order valence-electron chi connectivity index (χ4n) is 4.53. The van der Waals surface area contributed by atoms with Gasteiger partial charge in [-0.25, -0.2) is 0 Å². The number of ketones is 1. The number of amides is 1. The maximum Gasteiger partial charge on any atom is 0.254 e. The molecule has 3 aromatic rings. The van der Waals surface area contributed by atoms with Crippen LogP contribution in [0.5, 0.6) is 0 Å². The van der Waals surface area contributed by atoms with Crippen LogP contribution in [0.3, 0.4) is 0 Å². The van der Waals surface area contributed by atoms with E-state index >= 15 is 0 Å². The molecule has 2 aliphatic rings. The van der Waals surface area contributed by atoms with Gasteiger partial charge in [-0.3, -0.25) is 9.59 Å².